The van der Waals surface area contributed by atoms with Gasteiger partial charge in [-0.3, -0.25) is 9.59 Å². The minimum absolute atomic E-state index is 0.0977. The lowest BCUT2D eigenvalue weighted by molar-refractivity contribution is -0.131. The monoisotopic (exact) mass is 424 g/mol. The number of carbonyl (C=O) groups is 3. The molecule has 0 aliphatic rings. The molecule has 2 aromatic carbocycles. The van der Waals surface area contributed by atoms with Gasteiger partial charge in [0.2, 0.25) is 11.8 Å². The molecule has 0 aliphatic carbocycles. The van der Waals surface area contributed by atoms with E-state index in [0.29, 0.717) is 12.7 Å². The molecule has 3 atom stereocenters. The Balaban J connectivity index is 1.95. The Kier molecular flexibility index (Phi) is 8.94. The molecule has 6 heteroatoms. The maximum atomic E-state index is 12.4. The number of benzene rings is 2. The zero-order valence-corrected chi connectivity index (χ0v) is 18.6. The standard InChI is InChI=1S/C25H32N2O4/c1-16(2)24(25(31)26-17(3)15-28)27-23(30)13-10-19-8-11-20(12-9-19)22-7-5-6-21(14-22)18(4)29/h5-9,11-12,14-18,24,29H,10,13H2,1-4H3,(H,26,31)(H,27,30). The third kappa shape index (κ3) is 7.33. The molecule has 2 aromatic rings. The number of hydrogen-bond donors (Lipinski definition) is 3. The van der Waals surface area contributed by atoms with Crippen molar-refractivity contribution in [3.8, 4) is 11.1 Å². The third-order valence-corrected chi connectivity index (χ3v) is 5.14. The molecular weight excluding hydrogens is 392 g/mol. The van der Waals surface area contributed by atoms with E-state index >= 15 is 0 Å². The fraction of sp³-hybridized carbons (Fsp3) is 0.400. The minimum Gasteiger partial charge on any atom is -0.389 e. The fourth-order valence-electron chi connectivity index (χ4n) is 3.23. The van der Waals surface area contributed by atoms with Crippen LogP contribution in [0.25, 0.3) is 11.1 Å². The Morgan fingerprint density at radius 1 is 0.968 bits per heavy atom. The van der Waals surface area contributed by atoms with Crippen LogP contribution in [0.4, 0.5) is 0 Å². The van der Waals surface area contributed by atoms with Crippen molar-refractivity contribution >= 4 is 18.1 Å². The van der Waals surface area contributed by atoms with E-state index in [9.17, 15) is 19.5 Å². The summed E-state index contributed by atoms with van der Waals surface area (Å²) in [6.07, 6.45) is 0.950. The first-order chi connectivity index (χ1) is 14.7. The Morgan fingerprint density at radius 2 is 1.65 bits per heavy atom. The summed E-state index contributed by atoms with van der Waals surface area (Å²) in [5.41, 5.74) is 3.95. The zero-order chi connectivity index (χ0) is 23.0. The highest BCUT2D eigenvalue weighted by atomic mass is 16.3. The van der Waals surface area contributed by atoms with Gasteiger partial charge in [0, 0.05) is 6.42 Å². The van der Waals surface area contributed by atoms with Crippen molar-refractivity contribution in [1.29, 1.82) is 0 Å². The van der Waals surface area contributed by atoms with Crippen LogP contribution in [0, 0.1) is 5.92 Å². The molecule has 2 rings (SSSR count). The topological polar surface area (TPSA) is 95.5 Å². The number of aldehydes is 1. The van der Waals surface area contributed by atoms with E-state index < -0.39 is 18.2 Å². The summed E-state index contributed by atoms with van der Waals surface area (Å²) in [5.74, 6) is -0.660. The van der Waals surface area contributed by atoms with Gasteiger partial charge in [0.15, 0.2) is 0 Å². The second kappa shape index (κ2) is 11.4. The molecule has 0 radical (unpaired) electrons. The van der Waals surface area contributed by atoms with Crippen LogP contribution in [0.1, 0.15) is 51.3 Å². The van der Waals surface area contributed by atoms with Crippen molar-refractivity contribution in [1.82, 2.24) is 10.6 Å². The predicted octanol–water partition coefficient (Wildman–Crippen LogP) is 3.18. The van der Waals surface area contributed by atoms with Gasteiger partial charge < -0.3 is 20.5 Å². The van der Waals surface area contributed by atoms with Gasteiger partial charge in [-0.05, 0) is 54.5 Å². The highest BCUT2D eigenvalue weighted by Crippen LogP contribution is 2.24. The lowest BCUT2D eigenvalue weighted by Crippen LogP contribution is -2.51. The molecule has 0 saturated heterocycles. The Hall–Kier alpha value is -2.99. The molecule has 0 fully saturated rings. The summed E-state index contributed by atoms with van der Waals surface area (Å²) in [6.45, 7) is 7.03. The number of aliphatic hydroxyl groups excluding tert-OH is 1. The normalized spacial score (nSPS) is 13.9. The molecule has 0 saturated carbocycles. The fourth-order valence-corrected chi connectivity index (χ4v) is 3.23. The van der Waals surface area contributed by atoms with Gasteiger partial charge >= 0.3 is 0 Å². The molecule has 0 aliphatic heterocycles. The maximum Gasteiger partial charge on any atom is 0.243 e. The molecule has 3 unspecified atom stereocenters. The molecule has 3 N–H and O–H groups in total. The van der Waals surface area contributed by atoms with Crippen LogP contribution < -0.4 is 10.6 Å². The smallest absolute Gasteiger partial charge is 0.243 e. The van der Waals surface area contributed by atoms with E-state index in [0.717, 1.165) is 22.3 Å². The van der Waals surface area contributed by atoms with Gasteiger partial charge in [-0.1, -0.05) is 56.3 Å². The van der Waals surface area contributed by atoms with E-state index in [4.69, 9.17) is 0 Å². The van der Waals surface area contributed by atoms with Crippen molar-refractivity contribution in [3.05, 3.63) is 59.7 Å². The lowest BCUT2D eigenvalue weighted by atomic mass is 9.99. The molecule has 31 heavy (non-hydrogen) atoms. The second-order valence-corrected chi connectivity index (χ2v) is 8.22. The van der Waals surface area contributed by atoms with Crippen LogP contribution in [0.5, 0.6) is 0 Å². The Morgan fingerprint density at radius 3 is 2.23 bits per heavy atom. The van der Waals surface area contributed by atoms with E-state index in [1.807, 2.05) is 62.4 Å². The molecular formula is C25H32N2O4. The van der Waals surface area contributed by atoms with Gasteiger partial charge in [0.1, 0.15) is 12.3 Å². The quantitative estimate of drug-likeness (QED) is 0.511. The third-order valence-electron chi connectivity index (χ3n) is 5.14. The first-order valence-electron chi connectivity index (χ1n) is 10.6. The molecule has 0 bridgehead atoms. The number of carbonyl (C=O) groups excluding carboxylic acids is 3. The predicted molar refractivity (Wildman–Crippen MR) is 121 cm³/mol. The summed E-state index contributed by atoms with van der Waals surface area (Å²) in [7, 11) is 0. The number of aliphatic hydroxyl groups is 1. The van der Waals surface area contributed by atoms with E-state index in [1.54, 1.807) is 13.8 Å². The highest BCUT2D eigenvalue weighted by molar-refractivity contribution is 5.89. The maximum absolute atomic E-state index is 12.4. The molecule has 0 spiro atoms. The van der Waals surface area contributed by atoms with Crippen molar-refractivity contribution < 1.29 is 19.5 Å². The number of hydrogen-bond acceptors (Lipinski definition) is 4. The van der Waals surface area contributed by atoms with Crippen molar-refractivity contribution in [2.75, 3.05) is 0 Å². The van der Waals surface area contributed by atoms with Crippen LogP contribution in [0.3, 0.4) is 0 Å². The summed E-state index contributed by atoms with van der Waals surface area (Å²) in [4.78, 5) is 35.5. The van der Waals surface area contributed by atoms with Crippen LogP contribution in [0.15, 0.2) is 48.5 Å². The van der Waals surface area contributed by atoms with E-state index in [2.05, 4.69) is 10.6 Å². The van der Waals surface area contributed by atoms with Gasteiger partial charge in [-0.2, -0.15) is 0 Å². The van der Waals surface area contributed by atoms with E-state index in [-0.39, 0.29) is 24.2 Å². The molecule has 2 amide bonds. The molecule has 0 heterocycles. The SMILES string of the molecule is CC(C=O)NC(=O)C(NC(=O)CCc1ccc(-c2cccc(C(C)O)c2)cc1)C(C)C. The Labute approximate surface area is 184 Å². The van der Waals surface area contributed by atoms with Crippen molar-refractivity contribution in [2.24, 2.45) is 5.92 Å². The van der Waals surface area contributed by atoms with Gasteiger partial charge in [0.25, 0.3) is 0 Å². The number of aryl methyl sites for hydroxylation is 1. The summed E-state index contributed by atoms with van der Waals surface area (Å²) in [6, 6.07) is 14.5. The lowest BCUT2D eigenvalue weighted by Gasteiger charge is -2.22. The van der Waals surface area contributed by atoms with Crippen LogP contribution in [-0.4, -0.2) is 35.3 Å². The number of nitrogens with one attached hydrogen (secondary N) is 2. The first-order valence-corrected chi connectivity index (χ1v) is 10.6. The molecule has 6 nitrogen and oxygen atoms in total. The number of rotatable bonds is 10. The van der Waals surface area contributed by atoms with Crippen LogP contribution in [0.2, 0.25) is 0 Å². The van der Waals surface area contributed by atoms with Crippen molar-refractivity contribution in [3.63, 3.8) is 0 Å². The summed E-state index contributed by atoms with van der Waals surface area (Å²) >= 11 is 0. The number of amides is 2. The van der Waals surface area contributed by atoms with E-state index in [1.165, 1.54) is 0 Å². The first kappa shape index (κ1) is 24.3. The summed E-state index contributed by atoms with van der Waals surface area (Å²) < 4.78 is 0. The van der Waals surface area contributed by atoms with Crippen molar-refractivity contribution in [2.45, 2.75) is 58.7 Å². The molecule has 0 aromatic heterocycles. The van der Waals surface area contributed by atoms with Gasteiger partial charge in [0.05, 0.1) is 12.1 Å². The average Bonchev–Trinajstić information content (AvgIpc) is 2.76. The zero-order valence-electron chi connectivity index (χ0n) is 18.6. The van der Waals surface area contributed by atoms with Crippen LogP contribution in [-0.2, 0) is 20.8 Å². The highest BCUT2D eigenvalue weighted by Gasteiger charge is 2.24. The molecule has 166 valence electrons. The van der Waals surface area contributed by atoms with Crippen LogP contribution >= 0.6 is 0 Å². The minimum atomic E-state index is -0.682. The second-order valence-electron chi connectivity index (χ2n) is 8.22. The largest absolute Gasteiger partial charge is 0.389 e. The summed E-state index contributed by atoms with van der Waals surface area (Å²) in [5, 5.41) is 15.1. The van der Waals surface area contributed by atoms with Gasteiger partial charge in [-0.25, -0.2) is 0 Å². The average molecular weight is 425 g/mol. The Bertz CT molecular complexity index is 891. The van der Waals surface area contributed by atoms with Gasteiger partial charge in [-0.15, -0.1) is 0 Å².